The molecule has 0 saturated carbocycles. The lowest BCUT2D eigenvalue weighted by molar-refractivity contribution is 1.03. The molecule has 1 nitrogen and oxygen atoms in total. The van der Waals surface area contributed by atoms with Crippen LogP contribution in [0, 0.1) is 6.92 Å². The number of benzene rings is 1. The van der Waals surface area contributed by atoms with Gasteiger partial charge in [-0.3, -0.25) is 0 Å². The summed E-state index contributed by atoms with van der Waals surface area (Å²) in [6.45, 7) is 4.08. The first kappa shape index (κ1) is 11.2. The Morgan fingerprint density at radius 1 is 1.19 bits per heavy atom. The van der Waals surface area contributed by atoms with E-state index >= 15 is 0 Å². The van der Waals surface area contributed by atoms with Gasteiger partial charge in [-0.05, 0) is 30.5 Å². The molecular formula is C14H14ClN. The van der Waals surface area contributed by atoms with E-state index in [9.17, 15) is 0 Å². The Morgan fingerprint density at radius 2 is 1.88 bits per heavy atom. The van der Waals surface area contributed by atoms with E-state index in [4.69, 9.17) is 11.6 Å². The van der Waals surface area contributed by atoms with Crippen LogP contribution in [0.4, 0.5) is 0 Å². The molecule has 2 rings (SSSR count). The molecule has 0 N–H and O–H groups in total. The minimum absolute atomic E-state index is 0.608. The molecule has 2 heteroatoms. The number of pyridine rings is 1. The maximum absolute atomic E-state index is 6.04. The van der Waals surface area contributed by atoms with Crippen molar-refractivity contribution in [3.63, 3.8) is 0 Å². The fraction of sp³-hybridized carbons (Fsp3) is 0.214. The van der Waals surface area contributed by atoms with Gasteiger partial charge in [0.05, 0.1) is 0 Å². The molecule has 1 aromatic heterocycles. The Morgan fingerprint density at radius 3 is 2.50 bits per heavy atom. The number of halogens is 1. The first-order valence-electron chi connectivity index (χ1n) is 5.43. The molecule has 1 heterocycles. The van der Waals surface area contributed by atoms with Gasteiger partial charge in [-0.1, -0.05) is 48.9 Å². The third-order valence-electron chi connectivity index (χ3n) is 2.65. The van der Waals surface area contributed by atoms with Gasteiger partial charge >= 0.3 is 0 Å². The van der Waals surface area contributed by atoms with E-state index in [1.165, 1.54) is 11.1 Å². The minimum Gasteiger partial charge on any atom is -0.240 e. The smallest absolute Gasteiger partial charge is 0.132 e. The standard InChI is InChI=1S/C14H14ClN/c1-3-13-12(9-10(2)14(15)16-13)11-7-5-4-6-8-11/h4-9H,3H2,1-2H3. The van der Waals surface area contributed by atoms with E-state index in [-0.39, 0.29) is 0 Å². The van der Waals surface area contributed by atoms with Crippen molar-refractivity contribution in [3.8, 4) is 11.1 Å². The third kappa shape index (κ3) is 2.10. The third-order valence-corrected chi connectivity index (χ3v) is 3.03. The molecule has 0 aliphatic carbocycles. The average Bonchev–Trinajstić information content (AvgIpc) is 2.33. The van der Waals surface area contributed by atoms with Crippen molar-refractivity contribution >= 4 is 11.6 Å². The second-order valence-corrected chi connectivity index (χ2v) is 4.17. The topological polar surface area (TPSA) is 12.9 Å². The number of aromatic nitrogens is 1. The molecule has 0 fully saturated rings. The van der Waals surface area contributed by atoms with Crippen LogP contribution < -0.4 is 0 Å². The summed E-state index contributed by atoms with van der Waals surface area (Å²) in [5.74, 6) is 0. The maximum Gasteiger partial charge on any atom is 0.132 e. The highest BCUT2D eigenvalue weighted by Crippen LogP contribution is 2.26. The van der Waals surface area contributed by atoms with E-state index in [1.807, 2.05) is 25.1 Å². The molecule has 16 heavy (non-hydrogen) atoms. The molecule has 0 amide bonds. The highest BCUT2D eigenvalue weighted by molar-refractivity contribution is 6.30. The Hall–Kier alpha value is -1.34. The van der Waals surface area contributed by atoms with Gasteiger partial charge in [-0.25, -0.2) is 4.98 Å². The number of rotatable bonds is 2. The fourth-order valence-corrected chi connectivity index (χ4v) is 1.92. The number of aryl methyl sites for hydroxylation is 2. The van der Waals surface area contributed by atoms with Gasteiger partial charge in [-0.2, -0.15) is 0 Å². The zero-order valence-corrected chi connectivity index (χ0v) is 10.3. The van der Waals surface area contributed by atoms with Crippen LogP contribution >= 0.6 is 11.6 Å². The Balaban J connectivity index is 2.60. The lowest BCUT2D eigenvalue weighted by Crippen LogP contribution is -1.95. The van der Waals surface area contributed by atoms with E-state index in [2.05, 4.69) is 30.1 Å². The Kier molecular flexibility index (Phi) is 3.25. The molecule has 0 unspecified atom stereocenters. The summed E-state index contributed by atoms with van der Waals surface area (Å²) in [6.07, 6.45) is 0.893. The predicted octanol–water partition coefficient (Wildman–Crippen LogP) is 4.27. The normalized spacial score (nSPS) is 10.4. The van der Waals surface area contributed by atoms with E-state index in [1.54, 1.807) is 0 Å². The summed E-state index contributed by atoms with van der Waals surface area (Å²) >= 11 is 6.04. The molecule has 0 aliphatic heterocycles. The molecule has 1 aromatic carbocycles. The predicted molar refractivity (Wildman–Crippen MR) is 68.8 cm³/mol. The summed E-state index contributed by atoms with van der Waals surface area (Å²) in [6, 6.07) is 12.4. The average molecular weight is 232 g/mol. The van der Waals surface area contributed by atoms with E-state index < -0.39 is 0 Å². The molecule has 0 saturated heterocycles. The molecule has 0 spiro atoms. The molecule has 2 aromatic rings. The van der Waals surface area contributed by atoms with Crippen LogP contribution in [0.2, 0.25) is 5.15 Å². The highest BCUT2D eigenvalue weighted by Gasteiger charge is 2.08. The fourth-order valence-electron chi connectivity index (χ4n) is 1.76. The largest absolute Gasteiger partial charge is 0.240 e. The molecule has 82 valence electrons. The van der Waals surface area contributed by atoms with Crippen LogP contribution in [0.25, 0.3) is 11.1 Å². The first-order chi connectivity index (χ1) is 7.72. The number of nitrogens with zero attached hydrogens (tertiary/aromatic N) is 1. The molecule has 0 atom stereocenters. The lowest BCUT2D eigenvalue weighted by atomic mass is 10.0. The van der Waals surface area contributed by atoms with Gasteiger partial charge in [-0.15, -0.1) is 0 Å². The van der Waals surface area contributed by atoms with Crippen LogP contribution in [0.15, 0.2) is 36.4 Å². The maximum atomic E-state index is 6.04. The summed E-state index contributed by atoms with van der Waals surface area (Å²) < 4.78 is 0. The van der Waals surface area contributed by atoms with Gasteiger partial charge in [0.15, 0.2) is 0 Å². The number of hydrogen-bond acceptors (Lipinski definition) is 1. The van der Waals surface area contributed by atoms with Crippen LogP contribution in [-0.4, -0.2) is 4.98 Å². The first-order valence-corrected chi connectivity index (χ1v) is 5.81. The van der Waals surface area contributed by atoms with Crippen molar-refractivity contribution in [2.24, 2.45) is 0 Å². The van der Waals surface area contributed by atoms with Crippen LogP contribution in [0.5, 0.6) is 0 Å². The molecule has 0 bridgehead atoms. The quantitative estimate of drug-likeness (QED) is 0.704. The van der Waals surface area contributed by atoms with Gasteiger partial charge in [0.25, 0.3) is 0 Å². The SMILES string of the molecule is CCc1nc(Cl)c(C)cc1-c1ccccc1. The van der Waals surface area contributed by atoms with Gasteiger partial charge < -0.3 is 0 Å². The second-order valence-electron chi connectivity index (χ2n) is 3.81. The number of hydrogen-bond donors (Lipinski definition) is 0. The van der Waals surface area contributed by atoms with Crippen LogP contribution in [-0.2, 0) is 6.42 Å². The zero-order valence-electron chi connectivity index (χ0n) is 9.50. The van der Waals surface area contributed by atoms with Gasteiger partial charge in [0, 0.05) is 11.3 Å². The Labute approximate surface area is 101 Å². The van der Waals surface area contributed by atoms with E-state index in [0.29, 0.717) is 5.15 Å². The summed E-state index contributed by atoms with van der Waals surface area (Å²) in [7, 11) is 0. The van der Waals surface area contributed by atoms with Crippen molar-refractivity contribution in [1.82, 2.24) is 4.98 Å². The van der Waals surface area contributed by atoms with Crippen molar-refractivity contribution in [1.29, 1.82) is 0 Å². The van der Waals surface area contributed by atoms with Gasteiger partial charge in [0.2, 0.25) is 0 Å². The van der Waals surface area contributed by atoms with Gasteiger partial charge in [0.1, 0.15) is 5.15 Å². The molecule has 0 aliphatic rings. The Bertz CT molecular complexity index is 492. The monoisotopic (exact) mass is 231 g/mol. The van der Waals surface area contributed by atoms with Crippen molar-refractivity contribution in [2.45, 2.75) is 20.3 Å². The van der Waals surface area contributed by atoms with Crippen LogP contribution in [0.1, 0.15) is 18.2 Å². The zero-order chi connectivity index (χ0) is 11.5. The highest BCUT2D eigenvalue weighted by atomic mass is 35.5. The van der Waals surface area contributed by atoms with Crippen LogP contribution in [0.3, 0.4) is 0 Å². The summed E-state index contributed by atoms with van der Waals surface area (Å²) in [5, 5.41) is 0.608. The summed E-state index contributed by atoms with van der Waals surface area (Å²) in [5.41, 5.74) is 4.47. The lowest BCUT2D eigenvalue weighted by Gasteiger charge is -2.09. The van der Waals surface area contributed by atoms with E-state index in [0.717, 1.165) is 17.7 Å². The van der Waals surface area contributed by atoms with Crippen molar-refractivity contribution < 1.29 is 0 Å². The van der Waals surface area contributed by atoms with Crippen molar-refractivity contribution in [3.05, 3.63) is 52.8 Å². The summed E-state index contributed by atoms with van der Waals surface area (Å²) in [4.78, 5) is 4.43. The molecular weight excluding hydrogens is 218 g/mol. The minimum atomic E-state index is 0.608. The second kappa shape index (κ2) is 4.67. The molecule has 0 radical (unpaired) electrons. The van der Waals surface area contributed by atoms with Crippen molar-refractivity contribution in [2.75, 3.05) is 0 Å².